The zero-order chi connectivity index (χ0) is 20.2. The highest BCUT2D eigenvalue weighted by molar-refractivity contribution is 6.30. The first-order chi connectivity index (χ1) is 14.1. The van der Waals surface area contributed by atoms with Crippen LogP contribution in [0.4, 0.5) is 10.8 Å². The van der Waals surface area contributed by atoms with E-state index in [0.717, 1.165) is 11.1 Å². The molecule has 1 aromatic heterocycles. The van der Waals surface area contributed by atoms with Crippen molar-refractivity contribution in [3.05, 3.63) is 82.7 Å². The zero-order valence-corrected chi connectivity index (χ0v) is 16.3. The van der Waals surface area contributed by atoms with Crippen LogP contribution in [-0.2, 0) is 13.1 Å². The van der Waals surface area contributed by atoms with Gasteiger partial charge in [0.1, 0.15) is 6.26 Å². The van der Waals surface area contributed by atoms with Gasteiger partial charge in [-0.15, -0.1) is 0 Å². The molecule has 2 heterocycles. The van der Waals surface area contributed by atoms with Crippen molar-refractivity contribution >= 4 is 29.6 Å². The van der Waals surface area contributed by atoms with Gasteiger partial charge >= 0.3 is 12.0 Å². The molecule has 3 amide bonds. The number of nitrogens with zero attached hydrogens (tertiary/aromatic N) is 3. The number of amides is 3. The predicted molar refractivity (Wildman–Crippen MR) is 109 cm³/mol. The number of carbonyl (C=O) groups excluding carboxylic acids is 2. The highest BCUT2D eigenvalue weighted by Gasteiger charge is 2.33. The van der Waals surface area contributed by atoms with E-state index in [1.807, 2.05) is 42.5 Å². The van der Waals surface area contributed by atoms with Crippen molar-refractivity contribution in [2.75, 3.05) is 18.0 Å². The van der Waals surface area contributed by atoms with Gasteiger partial charge in [0.05, 0.1) is 0 Å². The molecule has 1 aliphatic rings. The molecule has 4 rings (SSSR count). The minimum atomic E-state index is -0.382. The van der Waals surface area contributed by atoms with Gasteiger partial charge in [-0.2, -0.15) is 4.98 Å². The van der Waals surface area contributed by atoms with E-state index in [9.17, 15) is 9.59 Å². The number of hydrogen-bond acceptors (Lipinski definition) is 4. The lowest BCUT2D eigenvalue weighted by Crippen LogP contribution is -2.31. The first kappa shape index (κ1) is 19.0. The van der Waals surface area contributed by atoms with Crippen molar-refractivity contribution in [2.45, 2.75) is 13.1 Å². The maximum Gasteiger partial charge on any atom is 0.328 e. The Labute approximate surface area is 172 Å². The molecular weight excluding hydrogens is 392 g/mol. The SMILES string of the molecule is O=C(NCc1cccc(Cl)c1)c1coc(N2CCN(Cc3ccccc3)C2=O)n1. The molecule has 0 atom stereocenters. The molecule has 0 bridgehead atoms. The minimum Gasteiger partial charge on any atom is -0.431 e. The number of benzene rings is 2. The number of carbonyl (C=O) groups is 2. The summed E-state index contributed by atoms with van der Waals surface area (Å²) < 4.78 is 5.40. The molecule has 8 heteroatoms. The van der Waals surface area contributed by atoms with E-state index in [1.54, 1.807) is 17.0 Å². The molecule has 7 nitrogen and oxygen atoms in total. The molecule has 0 unspecified atom stereocenters. The van der Waals surface area contributed by atoms with E-state index in [1.165, 1.54) is 11.2 Å². The zero-order valence-electron chi connectivity index (χ0n) is 15.5. The fourth-order valence-electron chi connectivity index (χ4n) is 3.12. The van der Waals surface area contributed by atoms with Gasteiger partial charge in [-0.05, 0) is 23.3 Å². The van der Waals surface area contributed by atoms with Crippen molar-refractivity contribution in [1.29, 1.82) is 0 Å². The third kappa shape index (κ3) is 4.41. The number of aromatic nitrogens is 1. The molecule has 1 saturated heterocycles. The first-order valence-corrected chi connectivity index (χ1v) is 9.56. The normalized spacial score (nSPS) is 13.8. The van der Waals surface area contributed by atoms with Crippen molar-refractivity contribution < 1.29 is 14.0 Å². The first-order valence-electron chi connectivity index (χ1n) is 9.19. The summed E-state index contributed by atoms with van der Waals surface area (Å²) in [7, 11) is 0. The van der Waals surface area contributed by atoms with Crippen LogP contribution in [-0.4, -0.2) is 34.9 Å². The smallest absolute Gasteiger partial charge is 0.328 e. The van der Waals surface area contributed by atoms with E-state index in [4.69, 9.17) is 16.0 Å². The molecule has 2 aromatic carbocycles. The third-order valence-electron chi connectivity index (χ3n) is 4.61. The van der Waals surface area contributed by atoms with Crippen molar-refractivity contribution in [3.63, 3.8) is 0 Å². The van der Waals surface area contributed by atoms with Gasteiger partial charge in [0.2, 0.25) is 0 Å². The predicted octanol–water partition coefficient (Wildman–Crippen LogP) is 3.70. The molecular formula is C21H19ClN4O3. The fourth-order valence-corrected chi connectivity index (χ4v) is 3.34. The van der Waals surface area contributed by atoms with E-state index < -0.39 is 0 Å². The van der Waals surface area contributed by atoms with Crippen LogP contribution < -0.4 is 10.2 Å². The fraction of sp³-hybridized carbons (Fsp3) is 0.190. The summed E-state index contributed by atoms with van der Waals surface area (Å²) in [5.41, 5.74) is 2.05. The topological polar surface area (TPSA) is 78.7 Å². The van der Waals surface area contributed by atoms with E-state index in [2.05, 4.69) is 10.3 Å². The van der Waals surface area contributed by atoms with Crippen molar-refractivity contribution in [3.8, 4) is 0 Å². The number of hydrogen-bond donors (Lipinski definition) is 1. The molecule has 148 valence electrons. The Morgan fingerprint density at radius 1 is 1.10 bits per heavy atom. The Morgan fingerprint density at radius 3 is 2.69 bits per heavy atom. The van der Waals surface area contributed by atoms with E-state index in [-0.39, 0.29) is 23.6 Å². The Bertz CT molecular complexity index is 1020. The molecule has 1 N–H and O–H groups in total. The second-order valence-electron chi connectivity index (χ2n) is 6.67. The Balaban J connectivity index is 1.37. The lowest BCUT2D eigenvalue weighted by molar-refractivity contribution is 0.0946. The van der Waals surface area contributed by atoms with Gasteiger partial charge in [0.25, 0.3) is 5.91 Å². The maximum absolute atomic E-state index is 12.7. The third-order valence-corrected chi connectivity index (χ3v) is 4.84. The van der Waals surface area contributed by atoms with Crippen molar-refractivity contribution in [1.82, 2.24) is 15.2 Å². The lowest BCUT2D eigenvalue weighted by atomic mass is 10.2. The van der Waals surface area contributed by atoms with Crippen LogP contribution in [0, 0.1) is 0 Å². The monoisotopic (exact) mass is 410 g/mol. The summed E-state index contributed by atoms with van der Waals surface area (Å²) in [5, 5.41) is 3.37. The highest BCUT2D eigenvalue weighted by atomic mass is 35.5. The lowest BCUT2D eigenvalue weighted by Gasteiger charge is -2.16. The van der Waals surface area contributed by atoms with Gasteiger partial charge in [-0.3, -0.25) is 4.79 Å². The average molecular weight is 411 g/mol. The summed E-state index contributed by atoms with van der Waals surface area (Å²) >= 11 is 5.95. The highest BCUT2D eigenvalue weighted by Crippen LogP contribution is 2.21. The van der Waals surface area contributed by atoms with Crippen LogP contribution >= 0.6 is 11.6 Å². The molecule has 0 aliphatic carbocycles. The molecule has 0 radical (unpaired) electrons. The Morgan fingerprint density at radius 2 is 1.90 bits per heavy atom. The quantitative estimate of drug-likeness (QED) is 0.672. The van der Waals surface area contributed by atoms with Crippen LogP contribution in [0.15, 0.2) is 65.3 Å². The number of halogens is 1. The van der Waals surface area contributed by atoms with Gasteiger partial charge in [0.15, 0.2) is 5.69 Å². The van der Waals surface area contributed by atoms with Gasteiger partial charge in [0, 0.05) is 31.2 Å². The summed E-state index contributed by atoms with van der Waals surface area (Å²) in [6, 6.07) is 16.9. The Hall–Kier alpha value is -3.32. The second kappa shape index (κ2) is 8.36. The van der Waals surface area contributed by atoms with Crippen LogP contribution in [0.3, 0.4) is 0 Å². The van der Waals surface area contributed by atoms with Crippen LogP contribution in [0.25, 0.3) is 0 Å². The minimum absolute atomic E-state index is 0.122. The number of nitrogens with one attached hydrogen (secondary N) is 1. The summed E-state index contributed by atoms with van der Waals surface area (Å²) in [6.45, 7) is 1.85. The average Bonchev–Trinajstić information content (AvgIpc) is 3.35. The van der Waals surface area contributed by atoms with Crippen LogP contribution in [0.5, 0.6) is 0 Å². The standard InChI is InChI=1S/C21H19ClN4O3/c22-17-8-4-7-16(11-17)12-23-19(27)18-14-29-20(24-18)26-10-9-25(21(26)28)13-15-5-2-1-3-6-15/h1-8,11,14H,9-10,12-13H2,(H,23,27). The van der Waals surface area contributed by atoms with Gasteiger partial charge < -0.3 is 14.6 Å². The summed E-state index contributed by atoms with van der Waals surface area (Å²) in [5.74, 6) is -0.382. The number of rotatable bonds is 6. The second-order valence-corrected chi connectivity index (χ2v) is 7.11. The summed E-state index contributed by atoms with van der Waals surface area (Å²) in [4.78, 5) is 32.4. The van der Waals surface area contributed by atoms with E-state index in [0.29, 0.717) is 31.2 Å². The number of oxazole rings is 1. The molecule has 0 saturated carbocycles. The summed E-state index contributed by atoms with van der Waals surface area (Å²) in [6.07, 6.45) is 1.26. The van der Waals surface area contributed by atoms with E-state index >= 15 is 0 Å². The van der Waals surface area contributed by atoms with Gasteiger partial charge in [-0.1, -0.05) is 54.1 Å². The molecule has 1 aliphatic heterocycles. The molecule has 0 spiro atoms. The molecule has 1 fully saturated rings. The number of anilines is 1. The van der Waals surface area contributed by atoms with Gasteiger partial charge in [-0.25, -0.2) is 9.69 Å². The number of urea groups is 1. The van der Waals surface area contributed by atoms with Crippen LogP contribution in [0.1, 0.15) is 21.6 Å². The Kier molecular flexibility index (Phi) is 5.48. The molecule has 3 aromatic rings. The molecule has 29 heavy (non-hydrogen) atoms. The van der Waals surface area contributed by atoms with Crippen LogP contribution in [0.2, 0.25) is 5.02 Å². The largest absolute Gasteiger partial charge is 0.431 e. The maximum atomic E-state index is 12.7. The van der Waals surface area contributed by atoms with Crippen molar-refractivity contribution in [2.24, 2.45) is 0 Å².